The quantitative estimate of drug-likeness (QED) is 0.314. The number of ketones is 1. The minimum Gasteiger partial charge on any atom is -0.370 e. The smallest absolute Gasteiger partial charge is 0.370 e. The van der Waals surface area contributed by atoms with E-state index in [9.17, 15) is 22.8 Å². The number of amides is 1. The van der Waals surface area contributed by atoms with Crippen molar-refractivity contribution in [3.63, 3.8) is 0 Å². The van der Waals surface area contributed by atoms with Crippen LogP contribution in [0.25, 0.3) is 5.69 Å². The monoisotopic (exact) mass is 445 g/mol. The molecule has 0 spiro atoms. The Morgan fingerprint density at radius 2 is 1.75 bits per heavy atom. The molecule has 32 heavy (non-hydrogen) atoms. The zero-order chi connectivity index (χ0) is 23.3. The standard InChI is InChI=1S/C22H22F3N5O2/c1-14-19(15(2)30(29-14)17-7-4-3-5-8-17)20(31)21(32)27-12-6-11-26-18-10-9-16(13-28-18)22(23,24)25/h3-5,7-10,13H,6,11-12H2,1-2H3,(H,26,28)(H,27,32). The average molecular weight is 445 g/mol. The number of carbonyl (C=O) groups is 2. The van der Waals surface area contributed by atoms with E-state index in [2.05, 4.69) is 20.7 Å². The lowest BCUT2D eigenvalue weighted by Gasteiger charge is -2.09. The predicted molar refractivity (Wildman–Crippen MR) is 113 cm³/mol. The van der Waals surface area contributed by atoms with Crippen LogP contribution in [0.5, 0.6) is 0 Å². The molecule has 2 heterocycles. The Morgan fingerprint density at radius 3 is 2.38 bits per heavy atom. The highest BCUT2D eigenvalue weighted by Gasteiger charge is 2.30. The fourth-order valence-corrected chi connectivity index (χ4v) is 3.16. The molecule has 1 amide bonds. The fourth-order valence-electron chi connectivity index (χ4n) is 3.16. The molecule has 7 nitrogen and oxygen atoms in total. The second kappa shape index (κ2) is 9.63. The molecule has 0 aliphatic rings. The molecule has 0 saturated heterocycles. The lowest BCUT2D eigenvalue weighted by molar-refractivity contribution is -0.137. The van der Waals surface area contributed by atoms with Crippen LogP contribution in [0.2, 0.25) is 0 Å². The van der Waals surface area contributed by atoms with Crippen LogP contribution in [-0.4, -0.2) is 39.5 Å². The molecule has 2 N–H and O–H groups in total. The summed E-state index contributed by atoms with van der Waals surface area (Å²) in [5, 5.41) is 9.81. The zero-order valence-electron chi connectivity index (χ0n) is 17.5. The highest BCUT2D eigenvalue weighted by molar-refractivity contribution is 6.43. The Morgan fingerprint density at radius 1 is 1.03 bits per heavy atom. The Kier molecular flexibility index (Phi) is 6.92. The van der Waals surface area contributed by atoms with Crippen LogP contribution in [0.3, 0.4) is 0 Å². The summed E-state index contributed by atoms with van der Waals surface area (Å²) >= 11 is 0. The van der Waals surface area contributed by atoms with Gasteiger partial charge in [-0.2, -0.15) is 18.3 Å². The molecule has 168 valence electrons. The van der Waals surface area contributed by atoms with Crippen molar-refractivity contribution in [2.45, 2.75) is 26.4 Å². The summed E-state index contributed by atoms with van der Waals surface area (Å²) in [7, 11) is 0. The molecule has 0 unspecified atom stereocenters. The van der Waals surface area contributed by atoms with Gasteiger partial charge in [0.05, 0.1) is 28.2 Å². The van der Waals surface area contributed by atoms with Gasteiger partial charge >= 0.3 is 6.18 Å². The third-order valence-electron chi connectivity index (χ3n) is 4.76. The molecule has 3 aromatic rings. The molecule has 0 saturated carbocycles. The number of para-hydroxylation sites is 1. The van der Waals surface area contributed by atoms with Gasteiger partial charge in [0.25, 0.3) is 11.7 Å². The van der Waals surface area contributed by atoms with Crippen LogP contribution >= 0.6 is 0 Å². The number of rotatable bonds is 8. The SMILES string of the molecule is Cc1nn(-c2ccccc2)c(C)c1C(=O)C(=O)NCCCNc1ccc(C(F)(F)F)cn1. The second-order valence-electron chi connectivity index (χ2n) is 7.09. The van der Waals surface area contributed by atoms with Gasteiger partial charge in [0.1, 0.15) is 5.82 Å². The lowest BCUT2D eigenvalue weighted by Crippen LogP contribution is -2.33. The Hall–Kier alpha value is -3.69. The summed E-state index contributed by atoms with van der Waals surface area (Å²) in [6.45, 7) is 3.97. The van der Waals surface area contributed by atoms with E-state index < -0.39 is 23.4 Å². The fraction of sp³-hybridized carbons (Fsp3) is 0.273. The number of hydrogen-bond acceptors (Lipinski definition) is 5. The second-order valence-corrected chi connectivity index (χ2v) is 7.09. The van der Waals surface area contributed by atoms with E-state index in [0.29, 0.717) is 30.2 Å². The Bertz CT molecular complexity index is 1090. The van der Waals surface area contributed by atoms with Crippen molar-refractivity contribution in [3.05, 3.63) is 71.2 Å². The molecule has 0 fully saturated rings. The van der Waals surface area contributed by atoms with Crippen molar-refractivity contribution in [3.8, 4) is 5.69 Å². The van der Waals surface area contributed by atoms with Gasteiger partial charge in [0.2, 0.25) is 0 Å². The van der Waals surface area contributed by atoms with Gasteiger partial charge < -0.3 is 10.6 Å². The van der Waals surface area contributed by atoms with Gasteiger partial charge in [0.15, 0.2) is 0 Å². The topological polar surface area (TPSA) is 88.9 Å². The van der Waals surface area contributed by atoms with E-state index in [1.807, 2.05) is 30.3 Å². The van der Waals surface area contributed by atoms with Gasteiger partial charge in [-0.1, -0.05) is 18.2 Å². The van der Waals surface area contributed by atoms with Crippen molar-refractivity contribution >= 4 is 17.5 Å². The average Bonchev–Trinajstić information content (AvgIpc) is 3.07. The highest BCUT2D eigenvalue weighted by atomic mass is 19.4. The van der Waals surface area contributed by atoms with E-state index in [4.69, 9.17) is 0 Å². The van der Waals surface area contributed by atoms with Crippen molar-refractivity contribution in [2.75, 3.05) is 18.4 Å². The predicted octanol–water partition coefficient (Wildman–Crippen LogP) is 3.70. The van der Waals surface area contributed by atoms with Crippen molar-refractivity contribution in [2.24, 2.45) is 0 Å². The molecule has 0 aliphatic carbocycles. The molecule has 0 atom stereocenters. The molecule has 0 bridgehead atoms. The number of aryl methyl sites for hydroxylation is 1. The van der Waals surface area contributed by atoms with E-state index in [1.54, 1.807) is 18.5 Å². The maximum Gasteiger partial charge on any atom is 0.417 e. The number of carbonyl (C=O) groups excluding carboxylic acids is 2. The largest absolute Gasteiger partial charge is 0.417 e. The molecule has 1 aromatic carbocycles. The third kappa shape index (κ3) is 5.32. The molecular formula is C22H22F3N5O2. The van der Waals surface area contributed by atoms with E-state index in [0.717, 1.165) is 18.0 Å². The van der Waals surface area contributed by atoms with E-state index in [-0.39, 0.29) is 12.1 Å². The number of Topliss-reactive ketones (excluding diaryl/α,β-unsaturated/α-hetero) is 1. The van der Waals surface area contributed by atoms with Gasteiger partial charge in [-0.15, -0.1) is 0 Å². The molecule has 3 rings (SSSR count). The van der Waals surface area contributed by atoms with Crippen molar-refractivity contribution < 1.29 is 22.8 Å². The summed E-state index contributed by atoms with van der Waals surface area (Å²) in [5.41, 5.74) is 1.26. The normalized spacial score (nSPS) is 11.3. The minimum absolute atomic E-state index is 0.211. The lowest BCUT2D eigenvalue weighted by atomic mass is 10.1. The minimum atomic E-state index is -4.43. The number of aromatic nitrogens is 3. The number of alkyl halides is 3. The number of nitrogens with zero attached hydrogens (tertiary/aromatic N) is 3. The summed E-state index contributed by atoms with van der Waals surface area (Å²) in [5.74, 6) is -1.11. The van der Waals surface area contributed by atoms with Crippen LogP contribution in [0, 0.1) is 13.8 Å². The summed E-state index contributed by atoms with van der Waals surface area (Å²) in [6.07, 6.45) is -3.23. The van der Waals surface area contributed by atoms with Crippen molar-refractivity contribution in [1.82, 2.24) is 20.1 Å². The molecular weight excluding hydrogens is 423 g/mol. The maximum atomic E-state index is 12.6. The first-order chi connectivity index (χ1) is 15.2. The summed E-state index contributed by atoms with van der Waals surface area (Å²) < 4.78 is 39.2. The van der Waals surface area contributed by atoms with Gasteiger partial charge in [-0.3, -0.25) is 9.59 Å². The van der Waals surface area contributed by atoms with Crippen LogP contribution in [0.15, 0.2) is 48.7 Å². The number of hydrogen-bond donors (Lipinski definition) is 2. The summed E-state index contributed by atoms with van der Waals surface area (Å²) in [6, 6.07) is 11.5. The van der Waals surface area contributed by atoms with E-state index in [1.165, 1.54) is 6.07 Å². The number of anilines is 1. The van der Waals surface area contributed by atoms with E-state index >= 15 is 0 Å². The maximum absolute atomic E-state index is 12.6. The van der Waals surface area contributed by atoms with Crippen LogP contribution < -0.4 is 10.6 Å². The van der Waals surface area contributed by atoms with Crippen LogP contribution in [0.4, 0.5) is 19.0 Å². The highest BCUT2D eigenvalue weighted by Crippen LogP contribution is 2.28. The zero-order valence-corrected chi connectivity index (χ0v) is 17.5. The first kappa shape index (κ1) is 23.0. The molecule has 0 radical (unpaired) electrons. The molecule has 0 aliphatic heterocycles. The van der Waals surface area contributed by atoms with Crippen LogP contribution in [0.1, 0.15) is 33.7 Å². The first-order valence-corrected chi connectivity index (χ1v) is 9.89. The van der Waals surface area contributed by atoms with Crippen molar-refractivity contribution in [1.29, 1.82) is 0 Å². The number of pyridine rings is 1. The van der Waals surface area contributed by atoms with Gasteiger partial charge in [-0.25, -0.2) is 9.67 Å². The number of benzene rings is 1. The molecule has 2 aromatic heterocycles. The third-order valence-corrected chi connectivity index (χ3v) is 4.76. The first-order valence-electron chi connectivity index (χ1n) is 9.89. The van der Waals surface area contributed by atoms with Gasteiger partial charge in [-0.05, 0) is 44.5 Å². The summed E-state index contributed by atoms with van der Waals surface area (Å²) in [4.78, 5) is 28.7. The Labute approximate surface area is 182 Å². The number of halogens is 3. The number of nitrogens with one attached hydrogen (secondary N) is 2. The van der Waals surface area contributed by atoms with Crippen LogP contribution in [-0.2, 0) is 11.0 Å². The van der Waals surface area contributed by atoms with Gasteiger partial charge in [0, 0.05) is 19.3 Å². The Balaban J connectivity index is 1.50. The molecule has 10 heteroatoms.